The molecule has 0 aliphatic carbocycles. The van der Waals surface area contributed by atoms with Gasteiger partial charge in [-0.25, -0.2) is 4.79 Å². The molecule has 0 aromatic heterocycles. The van der Waals surface area contributed by atoms with Crippen LogP contribution in [0.1, 0.15) is 25.8 Å². The van der Waals surface area contributed by atoms with Gasteiger partial charge in [-0.3, -0.25) is 0 Å². The minimum atomic E-state index is -0.634. The summed E-state index contributed by atoms with van der Waals surface area (Å²) in [4.78, 5) is 11.1. The van der Waals surface area contributed by atoms with E-state index in [0.29, 0.717) is 0 Å². The van der Waals surface area contributed by atoms with Crippen molar-refractivity contribution in [3.63, 3.8) is 0 Å². The van der Waals surface area contributed by atoms with Crippen LogP contribution in [-0.2, 0) is 15.9 Å². The predicted molar refractivity (Wildman–Crippen MR) is 71.5 cm³/mol. The maximum atomic E-state index is 11.1. The summed E-state index contributed by atoms with van der Waals surface area (Å²) in [5, 5.41) is 0. The highest BCUT2D eigenvalue weighted by atomic mass is 16.7. The lowest BCUT2D eigenvalue weighted by atomic mass is 10.1. The van der Waals surface area contributed by atoms with Gasteiger partial charge in [-0.05, 0) is 38.3 Å². The molecule has 1 aromatic rings. The molecule has 1 atom stereocenters. The van der Waals surface area contributed by atoms with Gasteiger partial charge in [0.1, 0.15) is 6.10 Å². The van der Waals surface area contributed by atoms with Crippen molar-refractivity contribution in [3.8, 4) is 0 Å². The number of methoxy groups -OCH3 is 1. The summed E-state index contributed by atoms with van der Waals surface area (Å²) in [5.74, 6) is 0. The molecule has 0 heterocycles. The normalized spacial score (nSPS) is 11.5. The first-order chi connectivity index (χ1) is 8.61. The summed E-state index contributed by atoms with van der Waals surface area (Å²) in [7, 11) is 1.32. The summed E-state index contributed by atoms with van der Waals surface area (Å²) in [5.41, 5.74) is 2.36. The Morgan fingerprint density at radius 3 is 2.50 bits per heavy atom. The van der Waals surface area contributed by atoms with Crippen molar-refractivity contribution in [2.24, 2.45) is 0 Å². The number of hydrogen-bond acceptors (Lipinski definition) is 3. The van der Waals surface area contributed by atoms with E-state index in [1.54, 1.807) is 0 Å². The minimum Gasteiger partial charge on any atom is -0.438 e. The molecule has 1 unspecified atom stereocenters. The molecule has 1 aromatic carbocycles. The second kappa shape index (κ2) is 7.54. The number of rotatable bonds is 5. The number of hydrogen-bond donors (Lipinski definition) is 0. The third-order valence-electron chi connectivity index (χ3n) is 2.49. The van der Waals surface area contributed by atoms with Gasteiger partial charge in [0.2, 0.25) is 0 Å². The average Bonchev–Trinajstić information content (AvgIpc) is 2.36. The van der Waals surface area contributed by atoms with Crippen LogP contribution >= 0.6 is 0 Å². The van der Waals surface area contributed by atoms with E-state index < -0.39 is 6.16 Å². The van der Waals surface area contributed by atoms with Crippen molar-refractivity contribution in [2.75, 3.05) is 7.11 Å². The van der Waals surface area contributed by atoms with Gasteiger partial charge < -0.3 is 9.47 Å². The fraction of sp³-hybridized carbons (Fsp3) is 0.400. The van der Waals surface area contributed by atoms with E-state index in [1.165, 1.54) is 12.7 Å². The first kappa shape index (κ1) is 14.3. The molecule has 0 fully saturated rings. The zero-order chi connectivity index (χ0) is 13.4. The van der Waals surface area contributed by atoms with Gasteiger partial charge in [0, 0.05) is 0 Å². The first-order valence-corrected chi connectivity index (χ1v) is 6.05. The smallest absolute Gasteiger partial charge is 0.438 e. The van der Waals surface area contributed by atoms with E-state index >= 15 is 0 Å². The predicted octanol–water partition coefficient (Wildman–Crippen LogP) is 3.74. The topological polar surface area (TPSA) is 35.5 Å². The van der Waals surface area contributed by atoms with Crippen LogP contribution in [0, 0.1) is 0 Å². The third kappa shape index (κ3) is 5.53. The van der Waals surface area contributed by atoms with Gasteiger partial charge in [0.05, 0.1) is 7.11 Å². The quantitative estimate of drug-likeness (QED) is 0.588. The molecule has 0 spiro atoms. The molecule has 0 saturated heterocycles. The van der Waals surface area contributed by atoms with Crippen molar-refractivity contribution in [2.45, 2.75) is 32.8 Å². The van der Waals surface area contributed by atoms with Crippen molar-refractivity contribution in [1.29, 1.82) is 0 Å². The highest BCUT2D eigenvalue weighted by Crippen LogP contribution is 2.11. The maximum absolute atomic E-state index is 11.1. The van der Waals surface area contributed by atoms with Gasteiger partial charge in [0.15, 0.2) is 0 Å². The molecule has 98 valence electrons. The van der Waals surface area contributed by atoms with Crippen LogP contribution in [0.3, 0.4) is 0 Å². The average molecular weight is 248 g/mol. The molecule has 0 amide bonds. The van der Waals surface area contributed by atoms with E-state index in [4.69, 9.17) is 4.74 Å². The molecular weight excluding hydrogens is 228 g/mol. The fourth-order valence-corrected chi connectivity index (χ4v) is 1.67. The van der Waals surface area contributed by atoms with Crippen LogP contribution in [-0.4, -0.2) is 19.4 Å². The lowest BCUT2D eigenvalue weighted by Gasteiger charge is -2.14. The molecule has 1 rings (SSSR count). The largest absolute Gasteiger partial charge is 0.508 e. The SMILES string of the molecule is COC(=O)OC(C=C(C)C)CCc1ccccc1. The minimum absolute atomic E-state index is 0.234. The Morgan fingerprint density at radius 2 is 1.94 bits per heavy atom. The lowest BCUT2D eigenvalue weighted by Crippen LogP contribution is -2.17. The van der Waals surface area contributed by atoms with Crippen LogP contribution in [0.15, 0.2) is 42.0 Å². The maximum Gasteiger partial charge on any atom is 0.508 e. The summed E-state index contributed by atoms with van der Waals surface area (Å²) in [6.07, 6.45) is 2.70. The zero-order valence-corrected chi connectivity index (χ0v) is 11.2. The number of carbonyl (C=O) groups excluding carboxylic acids is 1. The standard InChI is InChI=1S/C15H20O3/c1-12(2)11-14(18-15(16)17-3)10-9-13-7-5-4-6-8-13/h4-8,11,14H,9-10H2,1-3H3. The summed E-state index contributed by atoms with van der Waals surface area (Å²) < 4.78 is 9.72. The molecule has 3 nitrogen and oxygen atoms in total. The number of allylic oxidation sites excluding steroid dienone is 1. The summed E-state index contributed by atoms with van der Waals surface area (Å²) >= 11 is 0. The molecular formula is C15H20O3. The fourth-order valence-electron chi connectivity index (χ4n) is 1.67. The van der Waals surface area contributed by atoms with Crippen LogP contribution in [0.25, 0.3) is 0 Å². The van der Waals surface area contributed by atoms with Gasteiger partial charge >= 0.3 is 6.16 Å². The monoisotopic (exact) mass is 248 g/mol. The third-order valence-corrected chi connectivity index (χ3v) is 2.49. The van der Waals surface area contributed by atoms with Crippen molar-refractivity contribution in [3.05, 3.63) is 47.5 Å². The Bertz CT molecular complexity index is 391. The lowest BCUT2D eigenvalue weighted by molar-refractivity contribution is 0.0499. The molecule has 3 heteroatoms. The molecule has 0 saturated carbocycles. The molecule has 0 radical (unpaired) electrons. The zero-order valence-electron chi connectivity index (χ0n) is 11.2. The summed E-state index contributed by atoms with van der Waals surface area (Å²) in [6.45, 7) is 3.96. The van der Waals surface area contributed by atoms with Gasteiger partial charge in [-0.1, -0.05) is 35.9 Å². The van der Waals surface area contributed by atoms with Crippen LogP contribution in [0.2, 0.25) is 0 Å². The van der Waals surface area contributed by atoms with Crippen LogP contribution < -0.4 is 0 Å². The highest BCUT2D eigenvalue weighted by Gasteiger charge is 2.12. The van der Waals surface area contributed by atoms with E-state index in [-0.39, 0.29) is 6.10 Å². The van der Waals surface area contributed by atoms with Gasteiger partial charge in [-0.2, -0.15) is 0 Å². The number of benzene rings is 1. The molecule has 0 aliphatic heterocycles. The summed E-state index contributed by atoms with van der Waals surface area (Å²) in [6, 6.07) is 10.1. The van der Waals surface area contributed by atoms with Crippen LogP contribution in [0.5, 0.6) is 0 Å². The molecule has 18 heavy (non-hydrogen) atoms. The molecule has 0 N–H and O–H groups in total. The Balaban J connectivity index is 2.56. The van der Waals surface area contributed by atoms with E-state index in [1.807, 2.05) is 38.1 Å². The number of carbonyl (C=O) groups is 1. The Hall–Kier alpha value is -1.77. The molecule has 0 aliphatic rings. The second-order valence-corrected chi connectivity index (χ2v) is 4.38. The van der Waals surface area contributed by atoms with Crippen LogP contribution in [0.4, 0.5) is 4.79 Å². The number of aryl methyl sites for hydroxylation is 1. The van der Waals surface area contributed by atoms with Crippen molar-refractivity contribution in [1.82, 2.24) is 0 Å². The first-order valence-electron chi connectivity index (χ1n) is 6.05. The second-order valence-electron chi connectivity index (χ2n) is 4.38. The van der Waals surface area contributed by atoms with E-state index in [2.05, 4.69) is 16.9 Å². The van der Waals surface area contributed by atoms with E-state index in [0.717, 1.165) is 18.4 Å². The Labute approximate surface area is 108 Å². The van der Waals surface area contributed by atoms with Crippen molar-refractivity contribution < 1.29 is 14.3 Å². The molecule has 0 bridgehead atoms. The van der Waals surface area contributed by atoms with Gasteiger partial charge in [-0.15, -0.1) is 0 Å². The van der Waals surface area contributed by atoms with Gasteiger partial charge in [0.25, 0.3) is 0 Å². The Morgan fingerprint density at radius 1 is 1.28 bits per heavy atom. The van der Waals surface area contributed by atoms with Crippen molar-refractivity contribution >= 4 is 6.16 Å². The van der Waals surface area contributed by atoms with E-state index in [9.17, 15) is 4.79 Å². The Kier molecular flexibility index (Phi) is 5.98. The highest BCUT2D eigenvalue weighted by molar-refractivity contribution is 5.60. The number of ether oxygens (including phenoxy) is 2.